The fourth-order valence-corrected chi connectivity index (χ4v) is 9.51. The molecule has 2 unspecified atom stereocenters. The average molecular weight is 1800 g/mol. The summed E-state index contributed by atoms with van der Waals surface area (Å²) in [5, 5.41) is 16.6. The summed E-state index contributed by atoms with van der Waals surface area (Å²) in [6.07, 6.45) is 7.37. The molecule has 0 aliphatic carbocycles. The number of hydrogen-bond acceptors (Lipinski definition) is 13. The molecule has 0 spiro atoms. The SMILES string of the molecule is CO.CO.Cc1cnc(-c2[c-]cccc2)cc1C.O=S(=O)(O)C(F)(F)F.[2H]C([2H])([2H])c1ccc2c(n1)oc1c(-c3cc(C([2H])(C)C([2H])([2H])[2H])c(C([2H])([2H])[2H])cn3)[c-]ccc12.[2H]C([2H])([2H])c1ccc2c(n1)oc1c(-c3cc(C([2H])(C)C([2H])([2H])[2H])c(C)cn3)cccc12.[2H]C([2H])([2H])c1cnc(-c2[c-]cccc2)cc1C.[2H]C([2H])([2H])c1cnc(-c2[c-]cccc2)cc1C.[Ir].[Ir]. The number of furan rings is 2. The van der Waals surface area contributed by atoms with Gasteiger partial charge in [-0.25, -0.2) is 9.97 Å². The number of alkyl halides is 3. The number of fused-ring (bicyclic) bond motifs is 6. The first kappa shape index (κ1) is 56.1. The van der Waals surface area contributed by atoms with E-state index in [2.05, 4.69) is 79.1 Å². The zero-order valence-corrected chi connectivity index (χ0v) is 62.8. The molecule has 14 nitrogen and oxygen atoms in total. The van der Waals surface area contributed by atoms with Crippen LogP contribution in [0.25, 0.3) is 100 Å². The number of para-hydroxylation sites is 1. The summed E-state index contributed by atoms with van der Waals surface area (Å²) in [6.45, 7) is -5.00. The summed E-state index contributed by atoms with van der Waals surface area (Å²) in [5.74, 6) is -4.04. The summed E-state index contributed by atoms with van der Waals surface area (Å²) < 4.78 is 246. The molecule has 3 N–H and O–H groups in total. The number of nitrogens with zero attached hydrogens (tertiary/aromatic N) is 7. The number of hydrogen-bond donors (Lipinski definition) is 3. The minimum absolute atomic E-state index is 0. The Kier molecular flexibility index (Phi) is 21.3. The van der Waals surface area contributed by atoms with E-state index in [0.717, 1.165) is 77.6 Å². The number of aliphatic hydroxyl groups excluding tert-OH is 2. The zero-order valence-electron chi connectivity index (χ0n) is 80.2. The van der Waals surface area contributed by atoms with Crippen molar-refractivity contribution >= 4 is 54.3 Å². The van der Waals surface area contributed by atoms with Gasteiger partial charge in [0.2, 0.25) is 11.4 Å². The maximum absolute atomic E-state index is 10.7. The van der Waals surface area contributed by atoms with Crippen LogP contribution >= 0.6 is 0 Å². The Bertz CT molecular complexity index is 6080. The number of benzene rings is 5. The van der Waals surface area contributed by atoms with Crippen LogP contribution in [-0.2, 0) is 50.3 Å². The second-order valence-corrected chi connectivity index (χ2v) is 23.4. The van der Waals surface area contributed by atoms with Crippen molar-refractivity contribution in [1.29, 1.82) is 0 Å². The number of aryl methyl sites for hydroxylation is 10. The molecule has 14 rings (SSSR count). The predicted octanol–water partition coefficient (Wildman–Crippen LogP) is 20.5. The standard InChI is InChI=1S/C21H20N2O.C21H19N2O.3C13H12N.CHF3O3S.2CH4O.2Ir/c2*1-12(2)18-10-19(22-11-13(18)3)17-7-5-6-15-16-9-8-14(4)23-21(16)24-20(15)17;3*1-10-8-13(14-9-11(10)2)12-6-4-3-5-7-12;2-1(3,4)8(5,6)7;2*1-2;;/h5-12H,1-4H3;5-6,8-12H,1-4H3;3*3-6,8-9H,1-2H3;(H,5,6,7);2*2H,1H3;;/q;4*-1;;;;;/i1D3,4D3,12D;1D3,3D3,4D3,12D;2*2D3;;;;;;. The van der Waals surface area contributed by atoms with Crippen LogP contribution < -0.4 is 0 Å². The molecule has 5 aromatic carbocycles. The molecule has 20 heteroatoms. The molecule has 0 aliphatic heterocycles. The summed E-state index contributed by atoms with van der Waals surface area (Å²) in [5.41, 5.74) is 7.11. The minimum Gasteiger partial charge on any atom is -0.486 e. The van der Waals surface area contributed by atoms with E-state index in [9.17, 15) is 13.2 Å². The number of aliphatic hydroxyl groups is 2. The Balaban J connectivity index is 0.000000281. The van der Waals surface area contributed by atoms with Crippen LogP contribution in [0.3, 0.4) is 0 Å². The molecule has 2 atom stereocenters. The van der Waals surface area contributed by atoms with Gasteiger partial charge in [-0.2, -0.15) is 21.6 Å². The smallest absolute Gasteiger partial charge is 0.486 e. The molecule has 0 bridgehead atoms. The van der Waals surface area contributed by atoms with Crippen LogP contribution in [0.5, 0.6) is 0 Å². The maximum atomic E-state index is 10.7. The Morgan fingerprint density at radius 1 is 0.442 bits per heavy atom. The molecule has 104 heavy (non-hydrogen) atoms. The third-order valence-corrected chi connectivity index (χ3v) is 15.4. The van der Waals surface area contributed by atoms with E-state index in [1.807, 2.05) is 91.1 Å². The van der Waals surface area contributed by atoms with E-state index < -0.39 is 75.4 Å². The minimum atomic E-state index is -5.84. The van der Waals surface area contributed by atoms with Gasteiger partial charge >= 0.3 is 15.6 Å². The molecule has 9 aromatic heterocycles. The third kappa shape index (κ3) is 22.3. The largest absolute Gasteiger partial charge is 0.522 e. The molecular formula is C84H84F3Ir2N7O7S-4. The molecule has 14 aromatic rings. The van der Waals surface area contributed by atoms with Crippen molar-refractivity contribution in [3.63, 3.8) is 0 Å². The predicted molar refractivity (Wildman–Crippen MR) is 403 cm³/mol. The normalized spacial score (nSPS) is 15.9. The molecule has 546 valence electrons. The molecular weight excluding hydrogens is 1690 g/mol. The molecule has 0 aliphatic rings. The third-order valence-electron chi connectivity index (χ3n) is 14.9. The molecule has 0 saturated carbocycles. The average Bonchev–Trinajstić information content (AvgIpc) is 1.73. The van der Waals surface area contributed by atoms with Crippen molar-refractivity contribution in [2.24, 2.45) is 0 Å². The van der Waals surface area contributed by atoms with E-state index in [-0.39, 0.29) is 85.4 Å². The Hall–Kier alpha value is -9.33. The van der Waals surface area contributed by atoms with Gasteiger partial charge in [-0.05, 0) is 179 Å². The van der Waals surface area contributed by atoms with E-state index in [1.54, 1.807) is 75.5 Å². The van der Waals surface area contributed by atoms with Crippen molar-refractivity contribution in [2.75, 3.05) is 14.2 Å². The fraction of sp³-hybridized carbons (Fsp3) is 0.226. The van der Waals surface area contributed by atoms with Gasteiger partial charge in [-0.3, -0.25) is 9.54 Å². The van der Waals surface area contributed by atoms with Crippen LogP contribution in [0.1, 0.15) is 138 Å². The summed E-state index contributed by atoms with van der Waals surface area (Å²) in [6, 6.07) is 58.6. The molecule has 9 heterocycles. The van der Waals surface area contributed by atoms with E-state index in [4.69, 9.17) is 63.5 Å². The van der Waals surface area contributed by atoms with Crippen molar-refractivity contribution in [1.82, 2.24) is 34.9 Å². The quantitative estimate of drug-likeness (QED) is 0.0770. The number of pyridine rings is 7. The number of halogens is 3. The van der Waals surface area contributed by atoms with Crippen LogP contribution in [0, 0.1) is 93.1 Å². The van der Waals surface area contributed by atoms with E-state index in [1.165, 1.54) is 48.6 Å². The Morgan fingerprint density at radius 2 is 0.846 bits per heavy atom. The topological polar surface area (TPSA) is 211 Å². The molecule has 2 radical (unpaired) electrons. The van der Waals surface area contributed by atoms with Gasteiger partial charge in [0.1, 0.15) is 5.58 Å². The monoisotopic (exact) mass is 1800 g/mol. The Morgan fingerprint density at radius 3 is 1.27 bits per heavy atom. The summed E-state index contributed by atoms with van der Waals surface area (Å²) in [4.78, 5) is 29.7. The fourth-order valence-electron chi connectivity index (χ4n) is 9.51. The van der Waals surface area contributed by atoms with Gasteiger partial charge in [-0.1, -0.05) is 91.6 Å². The van der Waals surface area contributed by atoms with Gasteiger partial charge < -0.3 is 39.0 Å². The van der Waals surface area contributed by atoms with Crippen molar-refractivity contribution in [3.8, 4) is 56.3 Å². The second-order valence-electron chi connectivity index (χ2n) is 22.0. The van der Waals surface area contributed by atoms with Crippen LogP contribution in [-0.4, -0.2) is 77.8 Å². The van der Waals surface area contributed by atoms with Crippen molar-refractivity contribution in [3.05, 3.63) is 280 Å². The van der Waals surface area contributed by atoms with Gasteiger partial charge in [-0.15, -0.1) is 126 Å². The first-order chi connectivity index (χ1) is 57.8. The first-order valence-corrected chi connectivity index (χ1v) is 32.0. The van der Waals surface area contributed by atoms with Crippen molar-refractivity contribution < 1.29 is 117 Å². The number of aromatic nitrogens is 7. The van der Waals surface area contributed by atoms with Crippen LogP contribution in [0.4, 0.5) is 13.2 Å². The van der Waals surface area contributed by atoms with Gasteiger partial charge in [0.25, 0.3) is 0 Å². The Labute approximate surface area is 667 Å². The summed E-state index contributed by atoms with van der Waals surface area (Å²) in [7, 11) is -3.84. The summed E-state index contributed by atoms with van der Waals surface area (Å²) >= 11 is 0. The molecule has 0 saturated heterocycles. The van der Waals surface area contributed by atoms with E-state index in [0.29, 0.717) is 60.8 Å². The maximum Gasteiger partial charge on any atom is 0.522 e. The first-order valence-electron chi connectivity index (χ1n) is 42.1. The van der Waals surface area contributed by atoms with Crippen LogP contribution in [0.2, 0.25) is 0 Å². The molecule has 0 amide bonds. The van der Waals surface area contributed by atoms with Gasteiger partial charge in [0, 0.05) is 150 Å². The van der Waals surface area contributed by atoms with Gasteiger partial charge in [0.05, 0.1) is 11.3 Å². The zero-order chi connectivity index (χ0) is 93.9. The molecule has 0 fully saturated rings. The van der Waals surface area contributed by atoms with Gasteiger partial charge in [0.15, 0.2) is 0 Å². The van der Waals surface area contributed by atoms with Crippen LogP contribution in [0.15, 0.2) is 198 Å². The number of rotatable bonds is 7. The second kappa shape index (κ2) is 39.5. The van der Waals surface area contributed by atoms with E-state index >= 15 is 0 Å². The van der Waals surface area contributed by atoms with Crippen molar-refractivity contribution in [2.45, 2.75) is 114 Å².